The van der Waals surface area contributed by atoms with Crippen molar-refractivity contribution in [3.05, 3.63) is 23.3 Å². The Labute approximate surface area is 163 Å². The Bertz CT molecular complexity index is 778. The van der Waals surface area contributed by atoms with Crippen molar-refractivity contribution < 1.29 is 32.0 Å². The van der Waals surface area contributed by atoms with Gasteiger partial charge < -0.3 is 18.9 Å². The standard InChI is InChI=1S/C19H25BF3NO4/c1-11-7-12-8-13(20-27-17(2,3)18(4,5)28-20)9-14(26-6)15(12)16(25)24(11)10-19(21,22)23/h8-9,11H,7,10H2,1-6H3. The number of amides is 1. The van der Waals surface area contributed by atoms with E-state index in [1.807, 2.05) is 27.7 Å². The van der Waals surface area contributed by atoms with Crippen LogP contribution in [0.2, 0.25) is 0 Å². The maximum Gasteiger partial charge on any atom is 0.494 e. The molecular formula is C19H25BF3NO4. The third-order valence-corrected chi connectivity index (χ3v) is 5.82. The Morgan fingerprint density at radius 2 is 1.79 bits per heavy atom. The first-order chi connectivity index (χ1) is 12.8. The van der Waals surface area contributed by atoms with Crippen LogP contribution < -0.4 is 10.2 Å². The van der Waals surface area contributed by atoms with Crippen molar-refractivity contribution in [2.45, 2.75) is 64.5 Å². The zero-order chi connectivity index (χ0) is 21.1. The Hall–Kier alpha value is -1.74. The molecule has 0 N–H and O–H groups in total. The van der Waals surface area contributed by atoms with Gasteiger partial charge in [0.2, 0.25) is 0 Å². The summed E-state index contributed by atoms with van der Waals surface area (Å²) in [5.41, 5.74) is 0.421. The number of nitrogens with zero attached hydrogens (tertiary/aromatic N) is 1. The maximum atomic E-state index is 12.9. The first-order valence-corrected chi connectivity index (χ1v) is 9.20. The molecule has 0 aromatic heterocycles. The van der Waals surface area contributed by atoms with Gasteiger partial charge in [0.1, 0.15) is 12.3 Å². The summed E-state index contributed by atoms with van der Waals surface area (Å²) >= 11 is 0. The van der Waals surface area contributed by atoms with Crippen LogP contribution >= 0.6 is 0 Å². The van der Waals surface area contributed by atoms with Gasteiger partial charge in [0.25, 0.3) is 5.91 Å². The number of carbonyl (C=O) groups excluding carboxylic acids is 1. The molecular weight excluding hydrogens is 374 g/mol. The van der Waals surface area contributed by atoms with Gasteiger partial charge in [0.15, 0.2) is 0 Å². The average molecular weight is 399 g/mol. The van der Waals surface area contributed by atoms with Gasteiger partial charge in [0, 0.05) is 6.04 Å². The summed E-state index contributed by atoms with van der Waals surface area (Å²) < 4.78 is 56.2. The largest absolute Gasteiger partial charge is 0.496 e. The van der Waals surface area contributed by atoms with E-state index in [1.54, 1.807) is 19.1 Å². The first-order valence-electron chi connectivity index (χ1n) is 9.20. The molecule has 154 valence electrons. The van der Waals surface area contributed by atoms with Gasteiger partial charge in [0.05, 0.1) is 23.9 Å². The average Bonchev–Trinajstić information content (AvgIpc) is 2.77. The zero-order valence-electron chi connectivity index (χ0n) is 16.9. The smallest absolute Gasteiger partial charge is 0.494 e. The monoisotopic (exact) mass is 399 g/mol. The van der Waals surface area contributed by atoms with Crippen molar-refractivity contribution in [2.75, 3.05) is 13.7 Å². The summed E-state index contributed by atoms with van der Waals surface area (Å²) in [4.78, 5) is 13.7. The lowest BCUT2D eigenvalue weighted by Gasteiger charge is -2.36. The van der Waals surface area contributed by atoms with Crippen molar-refractivity contribution in [3.63, 3.8) is 0 Å². The molecule has 0 bridgehead atoms. The van der Waals surface area contributed by atoms with Crippen LogP contribution in [0, 0.1) is 0 Å². The van der Waals surface area contributed by atoms with Crippen LogP contribution in [0.15, 0.2) is 12.1 Å². The van der Waals surface area contributed by atoms with Crippen molar-refractivity contribution in [1.82, 2.24) is 4.90 Å². The Morgan fingerprint density at radius 1 is 1.21 bits per heavy atom. The lowest BCUT2D eigenvalue weighted by molar-refractivity contribution is -0.144. The van der Waals surface area contributed by atoms with E-state index < -0.39 is 43.0 Å². The van der Waals surface area contributed by atoms with Crippen LogP contribution in [0.3, 0.4) is 0 Å². The van der Waals surface area contributed by atoms with Gasteiger partial charge in [-0.05, 0) is 58.1 Å². The quantitative estimate of drug-likeness (QED) is 0.734. The molecule has 5 nitrogen and oxygen atoms in total. The van der Waals surface area contributed by atoms with Crippen molar-refractivity contribution in [2.24, 2.45) is 0 Å². The van der Waals surface area contributed by atoms with E-state index in [1.165, 1.54) is 7.11 Å². The molecule has 3 rings (SSSR count). The Balaban J connectivity index is 1.99. The van der Waals surface area contributed by atoms with Crippen LogP contribution in [0.5, 0.6) is 5.75 Å². The maximum absolute atomic E-state index is 12.9. The van der Waals surface area contributed by atoms with Crippen molar-refractivity contribution >= 4 is 18.5 Å². The van der Waals surface area contributed by atoms with Crippen LogP contribution in [0.1, 0.15) is 50.5 Å². The van der Waals surface area contributed by atoms with E-state index in [9.17, 15) is 18.0 Å². The highest BCUT2D eigenvalue weighted by Gasteiger charge is 2.52. The zero-order valence-corrected chi connectivity index (χ0v) is 16.9. The first kappa shape index (κ1) is 21.0. The Morgan fingerprint density at radius 3 is 2.29 bits per heavy atom. The van der Waals surface area contributed by atoms with Gasteiger partial charge >= 0.3 is 13.3 Å². The van der Waals surface area contributed by atoms with Gasteiger partial charge in [-0.15, -0.1) is 0 Å². The summed E-state index contributed by atoms with van der Waals surface area (Å²) in [7, 11) is 0.742. The minimum atomic E-state index is -4.46. The number of carbonyl (C=O) groups is 1. The highest BCUT2D eigenvalue weighted by atomic mass is 19.4. The molecule has 1 saturated heterocycles. The van der Waals surface area contributed by atoms with E-state index >= 15 is 0 Å². The topological polar surface area (TPSA) is 48.0 Å². The second-order valence-corrected chi connectivity index (χ2v) is 8.45. The van der Waals surface area contributed by atoms with Crippen LogP contribution in [-0.4, -0.2) is 55.0 Å². The molecule has 1 aromatic carbocycles. The number of halogens is 3. The van der Waals surface area contributed by atoms with Crippen LogP contribution in [0.25, 0.3) is 0 Å². The number of ether oxygens (including phenoxy) is 1. The molecule has 1 aromatic rings. The summed E-state index contributed by atoms with van der Waals surface area (Å²) in [5.74, 6) is -0.449. The lowest BCUT2D eigenvalue weighted by atomic mass is 9.76. The number of alkyl halides is 3. The fourth-order valence-electron chi connectivity index (χ4n) is 3.57. The fraction of sp³-hybridized carbons (Fsp3) is 0.632. The van der Waals surface area contributed by atoms with E-state index in [0.717, 1.165) is 4.90 Å². The number of benzene rings is 1. The predicted molar refractivity (Wildman–Crippen MR) is 99.0 cm³/mol. The number of hydrogen-bond donors (Lipinski definition) is 0. The van der Waals surface area contributed by atoms with E-state index in [2.05, 4.69) is 0 Å². The molecule has 2 heterocycles. The van der Waals surface area contributed by atoms with E-state index in [0.29, 0.717) is 17.4 Å². The summed E-state index contributed by atoms with van der Waals surface area (Å²) in [6.07, 6.45) is -4.17. The SMILES string of the molecule is COc1cc(B2OC(C)(C)C(C)(C)O2)cc2c1C(=O)N(CC(F)(F)F)C(C)C2. The van der Waals surface area contributed by atoms with Gasteiger partial charge in [-0.2, -0.15) is 13.2 Å². The summed E-state index contributed by atoms with van der Waals surface area (Å²) in [6, 6.07) is 2.81. The van der Waals surface area contributed by atoms with E-state index in [4.69, 9.17) is 14.0 Å². The molecule has 1 amide bonds. The normalized spacial score (nSPS) is 23.8. The molecule has 0 spiro atoms. The summed E-state index contributed by atoms with van der Waals surface area (Å²) in [5, 5.41) is 0. The van der Waals surface area contributed by atoms with Crippen molar-refractivity contribution in [1.29, 1.82) is 0 Å². The molecule has 2 aliphatic heterocycles. The van der Waals surface area contributed by atoms with Gasteiger partial charge in [-0.25, -0.2) is 0 Å². The number of methoxy groups -OCH3 is 1. The Kier molecular flexibility index (Phi) is 4.99. The predicted octanol–water partition coefficient (Wildman–Crippen LogP) is 2.94. The fourth-order valence-corrected chi connectivity index (χ4v) is 3.57. The highest BCUT2D eigenvalue weighted by molar-refractivity contribution is 6.62. The van der Waals surface area contributed by atoms with Gasteiger partial charge in [-0.3, -0.25) is 4.79 Å². The lowest BCUT2D eigenvalue weighted by Crippen LogP contribution is -2.49. The third kappa shape index (κ3) is 3.62. The summed E-state index contributed by atoms with van der Waals surface area (Å²) in [6.45, 7) is 8.06. The third-order valence-electron chi connectivity index (χ3n) is 5.82. The van der Waals surface area contributed by atoms with Crippen molar-refractivity contribution in [3.8, 4) is 5.75 Å². The highest BCUT2D eigenvalue weighted by Crippen LogP contribution is 2.38. The second kappa shape index (κ2) is 6.66. The molecule has 28 heavy (non-hydrogen) atoms. The minimum absolute atomic E-state index is 0.171. The van der Waals surface area contributed by atoms with E-state index in [-0.39, 0.29) is 11.3 Å². The number of hydrogen-bond acceptors (Lipinski definition) is 4. The molecule has 1 fully saturated rings. The molecule has 1 atom stereocenters. The van der Waals surface area contributed by atoms with Crippen LogP contribution in [0.4, 0.5) is 13.2 Å². The molecule has 2 aliphatic rings. The van der Waals surface area contributed by atoms with Gasteiger partial charge in [-0.1, -0.05) is 6.07 Å². The molecule has 9 heteroatoms. The number of fused-ring (bicyclic) bond motifs is 1. The minimum Gasteiger partial charge on any atom is -0.496 e. The molecule has 1 unspecified atom stereocenters. The second-order valence-electron chi connectivity index (χ2n) is 8.45. The molecule has 0 saturated carbocycles. The van der Waals surface area contributed by atoms with Crippen LogP contribution in [-0.2, 0) is 15.7 Å². The molecule has 0 aliphatic carbocycles. The molecule has 0 radical (unpaired) electrons. The number of rotatable bonds is 3.